The lowest BCUT2D eigenvalue weighted by molar-refractivity contribution is -0.0203. The van der Waals surface area contributed by atoms with Crippen molar-refractivity contribution >= 4 is 18.4 Å². The molecule has 4 nitrogen and oxygen atoms in total. The molecule has 0 aliphatic heterocycles. The first-order valence-electron chi connectivity index (χ1n) is 7.90. The first kappa shape index (κ1) is 21.4. The van der Waals surface area contributed by atoms with Gasteiger partial charge in [-0.05, 0) is 31.9 Å². The minimum atomic E-state index is -4.65. The molecular formula is C16H25F2O4PS. The van der Waals surface area contributed by atoms with Gasteiger partial charge in [0, 0.05) is 16.6 Å². The molecule has 0 aromatic heterocycles. The second-order valence-electron chi connectivity index (χ2n) is 5.60. The van der Waals surface area contributed by atoms with Crippen LogP contribution in [0.15, 0.2) is 35.2 Å². The van der Waals surface area contributed by atoms with Gasteiger partial charge in [-0.25, -0.2) is 0 Å². The van der Waals surface area contributed by atoms with Crippen LogP contribution in [0.1, 0.15) is 27.7 Å². The van der Waals surface area contributed by atoms with E-state index in [2.05, 4.69) is 0 Å². The molecule has 0 fully saturated rings. The topological polar surface area (TPSA) is 52.6 Å². The molecule has 0 bridgehead atoms. The molecular weight excluding hydrogens is 357 g/mol. The van der Waals surface area contributed by atoms with Crippen LogP contribution in [-0.2, 0) is 24.4 Å². The number of hydrogen-bond donors (Lipinski definition) is 0. The Morgan fingerprint density at radius 2 is 1.62 bits per heavy atom. The molecule has 0 saturated carbocycles. The molecule has 2 unspecified atom stereocenters. The Bertz CT molecular complexity index is 571. The van der Waals surface area contributed by atoms with E-state index in [0.717, 1.165) is 0 Å². The summed E-state index contributed by atoms with van der Waals surface area (Å²) in [6, 6.07) is 8.39. The summed E-state index contributed by atoms with van der Waals surface area (Å²) in [5, 5.41) is 0. The molecule has 1 rings (SSSR count). The standard InChI is InChI=1S/C16H25F2O4PS/c1-5-21-23(19,22-6-2)16(17,18)15(13(3)4)12-24(20)14-10-8-7-9-11-14/h7-11,13,15H,5-6,12H2,1-4H3. The van der Waals surface area contributed by atoms with Crippen LogP contribution in [-0.4, -0.2) is 28.8 Å². The van der Waals surface area contributed by atoms with Crippen molar-refractivity contribution in [3.63, 3.8) is 0 Å². The van der Waals surface area contributed by atoms with E-state index >= 15 is 0 Å². The molecule has 0 saturated heterocycles. The van der Waals surface area contributed by atoms with Crippen molar-refractivity contribution in [1.82, 2.24) is 0 Å². The first-order chi connectivity index (χ1) is 11.2. The van der Waals surface area contributed by atoms with Crippen LogP contribution in [0.4, 0.5) is 8.78 Å². The van der Waals surface area contributed by atoms with Crippen LogP contribution in [0.5, 0.6) is 0 Å². The van der Waals surface area contributed by atoms with Gasteiger partial charge in [-0.1, -0.05) is 32.0 Å². The van der Waals surface area contributed by atoms with Crippen molar-refractivity contribution in [2.75, 3.05) is 19.0 Å². The van der Waals surface area contributed by atoms with Crippen LogP contribution >= 0.6 is 7.60 Å². The number of rotatable bonds is 10. The molecule has 0 radical (unpaired) electrons. The van der Waals surface area contributed by atoms with E-state index in [1.165, 1.54) is 13.8 Å². The quantitative estimate of drug-likeness (QED) is 0.539. The van der Waals surface area contributed by atoms with Gasteiger partial charge in [-0.2, -0.15) is 8.78 Å². The average molecular weight is 382 g/mol. The summed E-state index contributed by atoms with van der Waals surface area (Å²) in [5.41, 5.74) is -3.72. The van der Waals surface area contributed by atoms with Gasteiger partial charge in [0.1, 0.15) is 0 Å². The highest BCUT2D eigenvalue weighted by atomic mass is 32.2. The fourth-order valence-electron chi connectivity index (χ4n) is 2.28. The van der Waals surface area contributed by atoms with Crippen molar-refractivity contribution in [3.8, 4) is 0 Å². The molecule has 24 heavy (non-hydrogen) atoms. The maximum atomic E-state index is 15.0. The van der Waals surface area contributed by atoms with Crippen LogP contribution in [0.2, 0.25) is 0 Å². The van der Waals surface area contributed by atoms with E-state index in [1.807, 2.05) is 0 Å². The van der Waals surface area contributed by atoms with E-state index in [1.54, 1.807) is 44.2 Å². The fourth-order valence-corrected chi connectivity index (χ4v) is 5.87. The summed E-state index contributed by atoms with van der Waals surface area (Å²) < 4.78 is 64.7. The van der Waals surface area contributed by atoms with Gasteiger partial charge in [0.15, 0.2) is 0 Å². The van der Waals surface area contributed by atoms with E-state index in [0.29, 0.717) is 4.90 Å². The molecule has 8 heteroatoms. The molecule has 0 spiro atoms. The largest absolute Gasteiger partial charge is 0.399 e. The summed E-state index contributed by atoms with van der Waals surface area (Å²) in [5.74, 6) is -2.27. The molecule has 0 aliphatic rings. The smallest absolute Gasteiger partial charge is 0.305 e. The van der Waals surface area contributed by atoms with Gasteiger partial charge in [0.2, 0.25) is 0 Å². The second-order valence-corrected chi connectivity index (χ2v) is 9.20. The fraction of sp³-hybridized carbons (Fsp3) is 0.625. The zero-order valence-corrected chi connectivity index (χ0v) is 16.1. The number of hydrogen-bond acceptors (Lipinski definition) is 4. The van der Waals surface area contributed by atoms with Crippen molar-refractivity contribution in [3.05, 3.63) is 30.3 Å². The summed E-state index contributed by atoms with van der Waals surface area (Å²) in [4.78, 5) is 0.460. The minimum Gasteiger partial charge on any atom is -0.305 e. The van der Waals surface area contributed by atoms with E-state index in [-0.39, 0.29) is 19.0 Å². The number of alkyl halides is 2. The minimum absolute atomic E-state index is 0.153. The molecule has 0 heterocycles. The predicted octanol–water partition coefficient (Wildman–Crippen LogP) is 4.93. The van der Waals surface area contributed by atoms with Crippen molar-refractivity contribution in [1.29, 1.82) is 0 Å². The van der Waals surface area contributed by atoms with Crippen LogP contribution in [0.3, 0.4) is 0 Å². The average Bonchev–Trinajstić information content (AvgIpc) is 2.53. The highest BCUT2D eigenvalue weighted by Crippen LogP contribution is 2.65. The predicted molar refractivity (Wildman–Crippen MR) is 91.9 cm³/mol. The van der Waals surface area contributed by atoms with Crippen LogP contribution in [0.25, 0.3) is 0 Å². The summed E-state index contributed by atoms with van der Waals surface area (Å²) in [6.07, 6.45) is 0. The molecule has 2 atom stereocenters. The lowest BCUT2D eigenvalue weighted by atomic mass is 9.98. The van der Waals surface area contributed by atoms with Gasteiger partial charge in [0.05, 0.1) is 24.0 Å². The Morgan fingerprint density at radius 1 is 1.12 bits per heavy atom. The second kappa shape index (κ2) is 9.18. The molecule has 1 aromatic carbocycles. The lowest BCUT2D eigenvalue weighted by Gasteiger charge is -2.34. The number of halogens is 2. The Hall–Kier alpha value is -0.620. The SMILES string of the molecule is CCOP(=O)(OCC)C(F)(F)C(CS(=O)c1ccccc1)C(C)C. The zero-order valence-electron chi connectivity index (χ0n) is 14.4. The highest BCUT2D eigenvalue weighted by Gasteiger charge is 2.59. The van der Waals surface area contributed by atoms with E-state index in [9.17, 15) is 17.6 Å². The third kappa shape index (κ3) is 4.94. The Kier molecular flexibility index (Phi) is 8.20. The summed E-state index contributed by atoms with van der Waals surface area (Å²) in [6.45, 7) is 5.83. The molecule has 138 valence electrons. The van der Waals surface area contributed by atoms with Crippen molar-refractivity contribution in [2.24, 2.45) is 11.8 Å². The first-order valence-corrected chi connectivity index (χ1v) is 10.8. The summed E-state index contributed by atoms with van der Waals surface area (Å²) in [7, 11) is -6.28. The van der Waals surface area contributed by atoms with Gasteiger partial charge in [0.25, 0.3) is 0 Å². The zero-order chi connectivity index (χ0) is 18.4. The Balaban J connectivity index is 3.13. The van der Waals surface area contributed by atoms with Gasteiger partial charge in [-0.3, -0.25) is 8.77 Å². The lowest BCUT2D eigenvalue weighted by Crippen LogP contribution is -2.37. The third-order valence-electron chi connectivity index (χ3n) is 3.55. The Labute approximate surface area is 144 Å². The van der Waals surface area contributed by atoms with Crippen molar-refractivity contribution < 1.29 is 26.6 Å². The highest BCUT2D eigenvalue weighted by molar-refractivity contribution is 7.85. The monoisotopic (exact) mass is 382 g/mol. The summed E-state index contributed by atoms with van der Waals surface area (Å²) >= 11 is 0. The Morgan fingerprint density at radius 3 is 2.04 bits per heavy atom. The maximum Gasteiger partial charge on any atom is 0.399 e. The number of benzene rings is 1. The van der Waals surface area contributed by atoms with Crippen molar-refractivity contribution in [2.45, 2.75) is 38.3 Å². The van der Waals surface area contributed by atoms with E-state index in [4.69, 9.17) is 9.05 Å². The molecule has 1 aromatic rings. The van der Waals surface area contributed by atoms with Gasteiger partial charge in [-0.15, -0.1) is 0 Å². The maximum absolute atomic E-state index is 15.0. The molecule has 0 aliphatic carbocycles. The van der Waals surface area contributed by atoms with Crippen LogP contribution in [0, 0.1) is 11.8 Å². The van der Waals surface area contributed by atoms with E-state index < -0.39 is 35.9 Å². The van der Waals surface area contributed by atoms with Gasteiger partial charge >= 0.3 is 13.3 Å². The normalized spacial score (nSPS) is 15.5. The van der Waals surface area contributed by atoms with Crippen LogP contribution < -0.4 is 0 Å². The molecule has 0 amide bonds. The van der Waals surface area contributed by atoms with Gasteiger partial charge < -0.3 is 9.05 Å². The molecule has 0 N–H and O–H groups in total. The third-order valence-corrected chi connectivity index (χ3v) is 7.27.